The molecule has 102 valence electrons. The van der Waals surface area contributed by atoms with Gasteiger partial charge in [0.05, 0.1) is 0 Å². The molecule has 1 N–H and O–H groups in total. The summed E-state index contributed by atoms with van der Waals surface area (Å²) in [5.41, 5.74) is 5.05. The first-order valence-electron chi connectivity index (χ1n) is 6.70. The number of benzene rings is 1. The van der Waals surface area contributed by atoms with Gasteiger partial charge in [0.2, 0.25) is 0 Å². The molecule has 0 atom stereocenters. The fourth-order valence-electron chi connectivity index (χ4n) is 2.47. The Hall–Kier alpha value is -1.35. The minimum atomic E-state index is 0.787. The highest BCUT2D eigenvalue weighted by atomic mass is 35.5. The summed E-state index contributed by atoms with van der Waals surface area (Å²) in [4.78, 5) is 1.31. The second-order valence-electron chi connectivity index (χ2n) is 4.77. The van der Waals surface area contributed by atoms with Crippen molar-refractivity contribution in [2.45, 2.75) is 6.42 Å². The number of thiophene rings is 1. The zero-order valence-corrected chi connectivity index (χ0v) is 12.9. The molecule has 1 aromatic carbocycles. The molecule has 0 saturated heterocycles. The van der Waals surface area contributed by atoms with Gasteiger partial charge in [-0.15, -0.1) is 11.3 Å². The Bertz CT molecular complexity index is 682. The van der Waals surface area contributed by atoms with Crippen LogP contribution in [0.3, 0.4) is 0 Å². The fourth-order valence-corrected chi connectivity index (χ4v) is 3.45. The van der Waals surface area contributed by atoms with Crippen LogP contribution >= 0.6 is 22.9 Å². The van der Waals surface area contributed by atoms with E-state index in [1.807, 2.05) is 13.1 Å². The predicted molar refractivity (Wildman–Crippen MR) is 90.3 cm³/mol. The highest BCUT2D eigenvalue weighted by Gasteiger charge is 2.16. The predicted octanol–water partition coefficient (Wildman–Crippen LogP) is 4.93. The van der Waals surface area contributed by atoms with E-state index in [1.165, 1.54) is 27.1 Å². The Morgan fingerprint density at radius 1 is 1.20 bits per heavy atom. The lowest BCUT2D eigenvalue weighted by molar-refractivity contribution is 0.808. The van der Waals surface area contributed by atoms with E-state index in [-0.39, 0.29) is 0 Å². The van der Waals surface area contributed by atoms with Crippen molar-refractivity contribution in [1.29, 1.82) is 0 Å². The van der Waals surface area contributed by atoms with Gasteiger partial charge in [0.1, 0.15) is 0 Å². The van der Waals surface area contributed by atoms with Gasteiger partial charge in [-0.05, 0) is 71.9 Å². The smallest absolute Gasteiger partial charge is 0.0412 e. The molecule has 0 radical (unpaired) electrons. The van der Waals surface area contributed by atoms with Gasteiger partial charge < -0.3 is 5.32 Å². The number of fused-ring (bicyclic) bond motifs is 2. The Morgan fingerprint density at radius 3 is 2.95 bits per heavy atom. The molecule has 1 heterocycles. The van der Waals surface area contributed by atoms with E-state index in [1.54, 1.807) is 11.3 Å². The minimum Gasteiger partial charge on any atom is -0.319 e. The van der Waals surface area contributed by atoms with Crippen molar-refractivity contribution in [3.05, 3.63) is 62.3 Å². The fraction of sp³-hybridized carbons (Fsp3) is 0.176. The second-order valence-corrected chi connectivity index (χ2v) is 6.16. The van der Waals surface area contributed by atoms with E-state index < -0.39 is 0 Å². The van der Waals surface area contributed by atoms with E-state index in [9.17, 15) is 0 Å². The molecule has 0 saturated carbocycles. The molecule has 3 rings (SSSR count). The molecule has 0 unspecified atom stereocenters. The molecular weight excluding hydrogens is 286 g/mol. The van der Waals surface area contributed by atoms with E-state index in [0.717, 1.165) is 18.0 Å². The van der Waals surface area contributed by atoms with Crippen LogP contribution in [-0.2, 0) is 0 Å². The number of hydrogen-bond donors (Lipinski definition) is 1. The monoisotopic (exact) mass is 301 g/mol. The first-order chi connectivity index (χ1) is 9.79. The molecule has 0 amide bonds. The molecule has 0 fully saturated rings. The third-order valence-electron chi connectivity index (χ3n) is 3.45. The van der Waals surface area contributed by atoms with Crippen molar-refractivity contribution in [2.75, 3.05) is 13.6 Å². The third kappa shape index (κ3) is 2.59. The van der Waals surface area contributed by atoms with Gasteiger partial charge in [0, 0.05) is 9.90 Å². The summed E-state index contributed by atoms with van der Waals surface area (Å²) < 4.78 is 0. The van der Waals surface area contributed by atoms with E-state index in [0.29, 0.717) is 0 Å². The summed E-state index contributed by atoms with van der Waals surface area (Å²) in [7, 11) is 1.98. The van der Waals surface area contributed by atoms with Gasteiger partial charge >= 0.3 is 0 Å². The first kappa shape index (κ1) is 13.6. The number of nitrogens with one attached hydrogen (secondary N) is 1. The first-order valence-corrected chi connectivity index (χ1v) is 7.96. The summed E-state index contributed by atoms with van der Waals surface area (Å²) >= 11 is 7.98. The van der Waals surface area contributed by atoms with Crippen LogP contribution in [0.2, 0.25) is 5.02 Å². The van der Waals surface area contributed by atoms with Crippen molar-refractivity contribution in [1.82, 2.24) is 5.32 Å². The van der Waals surface area contributed by atoms with Crippen molar-refractivity contribution >= 4 is 40.7 Å². The summed E-state index contributed by atoms with van der Waals surface area (Å²) in [6, 6.07) is 8.32. The Kier molecular flexibility index (Phi) is 4.06. The summed E-state index contributed by atoms with van der Waals surface area (Å²) in [5, 5.41) is 6.13. The topological polar surface area (TPSA) is 12.0 Å². The average molecular weight is 302 g/mol. The number of rotatable bonds is 3. The normalized spacial score (nSPS) is 15.0. The Labute approximate surface area is 128 Å². The Balaban J connectivity index is 2.15. The van der Waals surface area contributed by atoms with Crippen LogP contribution in [-0.4, -0.2) is 13.6 Å². The van der Waals surface area contributed by atoms with E-state index in [2.05, 4.69) is 47.1 Å². The van der Waals surface area contributed by atoms with Gasteiger partial charge in [-0.3, -0.25) is 0 Å². The lowest BCUT2D eigenvalue weighted by atomic mass is 9.95. The van der Waals surface area contributed by atoms with Crippen LogP contribution in [0.5, 0.6) is 0 Å². The molecule has 1 aliphatic rings. The third-order valence-corrected chi connectivity index (χ3v) is 4.57. The van der Waals surface area contributed by atoms with Gasteiger partial charge in [0.15, 0.2) is 0 Å². The van der Waals surface area contributed by atoms with Gasteiger partial charge in [-0.25, -0.2) is 0 Å². The standard InChI is InChI=1S/C17H16ClNS/c1-19-9-2-3-14-15-8-10-20-17(15)7-5-12-4-6-13(18)11-16(12)14/h3-8,10-11,19H,2,9H2,1H3. The van der Waals surface area contributed by atoms with Crippen LogP contribution in [0.4, 0.5) is 0 Å². The molecule has 0 aliphatic heterocycles. The van der Waals surface area contributed by atoms with Crippen LogP contribution in [0.25, 0.3) is 17.7 Å². The molecule has 1 aromatic heterocycles. The molecule has 2 aromatic rings. The van der Waals surface area contributed by atoms with Crippen LogP contribution in [0, 0.1) is 0 Å². The molecule has 1 aliphatic carbocycles. The van der Waals surface area contributed by atoms with Gasteiger partial charge in [0.25, 0.3) is 0 Å². The molecule has 20 heavy (non-hydrogen) atoms. The minimum absolute atomic E-state index is 0.787. The Morgan fingerprint density at radius 2 is 2.10 bits per heavy atom. The largest absolute Gasteiger partial charge is 0.319 e. The van der Waals surface area contributed by atoms with Crippen molar-refractivity contribution in [3.63, 3.8) is 0 Å². The quantitative estimate of drug-likeness (QED) is 0.677. The van der Waals surface area contributed by atoms with Crippen LogP contribution in [0.15, 0.2) is 35.7 Å². The summed E-state index contributed by atoms with van der Waals surface area (Å²) in [6.45, 7) is 0.978. The van der Waals surface area contributed by atoms with Crippen molar-refractivity contribution in [3.8, 4) is 0 Å². The lowest BCUT2D eigenvalue weighted by Gasteiger charge is -2.10. The van der Waals surface area contributed by atoms with Crippen LogP contribution < -0.4 is 5.32 Å². The maximum atomic E-state index is 6.20. The molecule has 1 nitrogen and oxygen atoms in total. The molecule has 0 bridgehead atoms. The highest BCUT2D eigenvalue weighted by molar-refractivity contribution is 7.11. The van der Waals surface area contributed by atoms with Gasteiger partial charge in [-0.2, -0.15) is 0 Å². The van der Waals surface area contributed by atoms with Gasteiger partial charge in [-0.1, -0.05) is 29.8 Å². The zero-order valence-electron chi connectivity index (χ0n) is 11.3. The van der Waals surface area contributed by atoms with Crippen molar-refractivity contribution in [2.24, 2.45) is 0 Å². The zero-order chi connectivity index (χ0) is 13.9. The second kappa shape index (κ2) is 5.96. The number of hydrogen-bond acceptors (Lipinski definition) is 2. The maximum Gasteiger partial charge on any atom is 0.0412 e. The lowest BCUT2D eigenvalue weighted by Crippen LogP contribution is -2.06. The highest BCUT2D eigenvalue weighted by Crippen LogP contribution is 2.37. The summed E-state index contributed by atoms with van der Waals surface area (Å²) in [5.74, 6) is 0. The van der Waals surface area contributed by atoms with E-state index in [4.69, 9.17) is 11.6 Å². The van der Waals surface area contributed by atoms with Crippen molar-refractivity contribution < 1.29 is 0 Å². The summed E-state index contributed by atoms with van der Waals surface area (Å²) in [6.07, 6.45) is 7.70. The SMILES string of the molecule is CNCCC=C1c2cc(Cl)ccc2C=Cc2sccc21. The van der Waals surface area contributed by atoms with Crippen LogP contribution in [0.1, 0.15) is 28.0 Å². The maximum absolute atomic E-state index is 6.20. The average Bonchev–Trinajstić information content (AvgIpc) is 2.85. The number of halogens is 1. The molecule has 0 spiro atoms. The van der Waals surface area contributed by atoms with E-state index >= 15 is 0 Å². The molecular formula is C17H16ClNS. The molecule has 3 heteroatoms.